The van der Waals surface area contributed by atoms with Crippen molar-refractivity contribution < 1.29 is 5.11 Å². The molecule has 0 aromatic heterocycles. The standard InChI is InChI=1S/C14H30N2O/c1-2-15-13-14-9-5-7-11-16(14)10-6-3-4-8-12-17/h14-15,17H,2-13H2,1H3. The lowest BCUT2D eigenvalue weighted by atomic mass is 10.0. The smallest absolute Gasteiger partial charge is 0.0431 e. The van der Waals surface area contributed by atoms with Gasteiger partial charge in [-0.25, -0.2) is 0 Å². The summed E-state index contributed by atoms with van der Waals surface area (Å²) < 4.78 is 0. The second-order valence-electron chi connectivity index (χ2n) is 5.13. The molecule has 0 aromatic rings. The van der Waals surface area contributed by atoms with E-state index in [-0.39, 0.29) is 0 Å². The molecule has 1 unspecified atom stereocenters. The fourth-order valence-corrected chi connectivity index (χ4v) is 2.68. The summed E-state index contributed by atoms with van der Waals surface area (Å²) in [6.07, 6.45) is 8.86. The van der Waals surface area contributed by atoms with Crippen LogP contribution in [0.2, 0.25) is 0 Å². The highest BCUT2D eigenvalue weighted by Gasteiger charge is 2.20. The van der Waals surface area contributed by atoms with E-state index in [1.165, 1.54) is 51.6 Å². The molecule has 102 valence electrons. The molecule has 0 radical (unpaired) electrons. The number of unbranched alkanes of at least 4 members (excludes halogenated alkanes) is 3. The van der Waals surface area contributed by atoms with Crippen molar-refractivity contribution in [3.8, 4) is 0 Å². The van der Waals surface area contributed by atoms with Crippen LogP contribution in [0, 0.1) is 0 Å². The number of nitrogens with zero attached hydrogens (tertiary/aromatic N) is 1. The zero-order valence-corrected chi connectivity index (χ0v) is 11.5. The van der Waals surface area contributed by atoms with Gasteiger partial charge in [0.2, 0.25) is 0 Å². The Hall–Kier alpha value is -0.120. The quantitative estimate of drug-likeness (QED) is 0.607. The first-order valence-electron chi connectivity index (χ1n) is 7.44. The molecule has 17 heavy (non-hydrogen) atoms. The van der Waals surface area contributed by atoms with Crippen molar-refractivity contribution in [3.63, 3.8) is 0 Å². The summed E-state index contributed by atoms with van der Waals surface area (Å²) in [6, 6.07) is 0.765. The molecule has 0 bridgehead atoms. The first-order chi connectivity index (χ1) is 8.38. The molecule has 0 saturated carbocycles. The molecule has 1 heterocycles. The highest BCUT2D eigenvalue weighted by atomic mass is 16.2. The molecule has 0 aromatic carbocycles. The lowest BCUT2D eigenvalue weighted by Gasteiger charge is -2.36. The minimum absolute atomic E-state index is 0.354. The second kappa shape index (κ2) is 9.86. The number of likely N-dealkylation sites (N-methyl/N-ethyl adjacent to an activating group) is 1. The number of piperidine rings is 1. The van der Waals surface area contributed by atoms with Gasteiger partial charge in [-0.3, -0.25) is 4.90 Å². The molecule has 3 heteroatoms. The van der Waals surface area contributed by atoms with Crippen molar-refractivity contribution in [1.29, 1.82) is 0 Å². The van der Waals surface area contributed by atoms with E-state index in [1.807, 2.05) is 0 Å². The lowest BCUT2D eigenvalue weighted by molar-refractivity contribution is 0.143. The summed E-state index contributed by atoms with van der Waals surface area (Å²) in [4.78, 5) is 2.67. The number of rotatable bonds is 9. The van der Waals surface area contributed by atoms with Gasteiger partial charge < -0.3 is 10.4 Å². The van der Waals surface area contributed by atoms with Crippen molar-refractivity contribution in [3.05, 3.63) is 0 Å². The first-order valence-corrected chi connectivity index (χ1v) is 7.44. The Morgan fingerprint density at radius 2 is 2.00 bits per heavy atom. The maximum absolute atomic E-state index is 8.73. The Kier molecular flexibility index (Phi) is 8.67. The number of aliphatic hydroxyl groups is 1. The second-order valence-corrected chi connectivity index (χ2v) is 5.13. The molecule has 1 atom stereocenters. The predicted octanol–water partition coefficient (Wildman–Crippen LogP) is 2.00. The average molecular weight is 242 g/mol. The summed E-state index contributed by atoms with van der Waals surface area (Å²) in [5.41, 5.74) is 0. The van der Waals surface area contributed by atoms with Gasteiger partial charge in [-0.1, -0.05) is 26.2 Å². The molecule has 1 aliphatic heterocycles. The van der Waals surface area contributed by atoms with Crippen LogP contribution in [0.3, 0.4) is 0 Å². The maximum Gasteiger partial charge on any atom is 0.0431 e. The van der Waals surface area contributed by atoms with Crippen LogP contribution >= 0.6 is 0 Å². The van der Waals surface area contributed by atoms with E-state index in [1.54, 1.807) is 0 Å². The molecule has 1 saturated heterocycles. The zero-order chi connectivity index (χ0) is 12.3. The predicted molar refractivity (Wildman–Crippen MR) is 73.3 cm³/mol. The van der Waals surface area contributed by atoms with Crippen LogP contribution in [-0.2, 0) is 0 Å². The molecule has 0 spiro atoms. The third-order valence-corrected chi connectivity index (χ3v) is 3.73. The zero-order valence-electron chi connectivity index (χ0n) is 11.5. The van der Waals surface area contributed by atoms with Crippen molar-refractivity contribution in [2.24, 2.45) is 0 Å². The van der Waals surface area contributed by atoms with Gasteiger partial charge in [-0.2, -0.15) is 0 Å². The Morgan fingerprint density at radius 3 is 2.76 bits per heavy atom. The van der Waals surface area contributed by atoms with Crippen LogP contribution in [0.5, 0.6) is 0 Å². The molecule has 1 fully saturated rings. The Morgan fingerprint density at radius 1 is 1.18 bits per heavy atom. The van der Waals surface area contributed by atoms with Gasteiger partial charge in [0.25, 0.3) is 0 Å². The molecule has 3 nitrogen and oxygen atoms in total. The number of nitrogens with one attached hydrogen (secondary N) is 1. The number of hydrogen-bond donors (Lipinski definition) is 2. The average Bonchev–Trinajstić information content (AvgIpc) is 2.37. The number of aliphatic hydroxyl groups excluding tert-OH is 1. The van der Waals surface area contributed by atoms with Crippen molar-refractivity contribution in [1.82, 2.24) is 10.2 Å². The van der Waals surface area contributed by atoms with Crippen LogP contribution in [-0.4, -0.2) is 48.8 Å². The van der Waals surface area contributed by atoms with E-state index in [4.69, 9.17) is 5.11 Å². The SMILES string of the molecule is CCNCC1CCCCN1CCCCCCO. The van der Waals surface area contributed by atoms with Crippen LogP contribution in [0.1, 0.15) is 51.9 Å². The highest BCUT2D eigenvalue weighted by molar-refractivity contribution is 4.78. The van der Waals surface area contributed by atoms with Crippen molar-refractivity contribution in [2.45, 2.75) is 57.9 Å². The van der Waals surface area contributed by atoms with Crippen LogP contribution in [0.4, 0.5) is 0 Å². The van der Waals surface area contributed by atoms with Gasteiger partial charge in [0.15, 0.2) is 0 Å². The number of hydrogen-bond acceptors (Lipinski definition) is 3. The van der Waals surface area contributed by atoms with E-state index >= 15 is 0 Å². The van der Waals surface area contributed by atoms with Crippen LogP contribution in [0.15, 0.2) is 0 Å². The summed E-state index contributed by atoms with van der Waals surface area (Å²) in [7, 11) is 0. The summed E-state index contributed by atoms with van der Waals surface area (Å²) in [6.45, 7) is 7.32. The van der Waals surface area contributed by atoms with E-state index in [0.29, 0.717) is 6.61 Å². The Labute approximate surface area is 107 Å². The van der Waals surface area contributed by atoms with Crippen LogP contribution in [0.25, 0.3) is 0 Å². The molecule has 2 N–H and O–H groups in total. The third-order valence-electron chi connectivity index (χ3n) is 3.73. The van der Waals surface area contributed by atoms with Crippen molar-refractivity contribution in [2.75, 3.05) is 32.8 Å². The normalized spacial score (nSPS) is 21.9. The van der Waals surface area contributed by atoms with E-state index < -0.39 is 0 Å². The van der Waals surface area contributed by atoms with Gasteiger partial charge in [0.05, 0.1) is 0 Å². The monoisotopic (exact) mass is 242 g/mol. The van der Waals surface area contributed by atoms with Crippen LogP contribution < -0.4 is 5.32 Å². The van der Waals surface area contributed by atoms with Gasteiger partial charge >= 0.3 is 0 Å². The molecule has 1 rings (SSSR count). The maximum atomic E-state index is 8.73. The van der Waals surface area contributed by atoms with E-state index in [0.717, 1.165) is 25.6 Å². The van der Waals surface area contributed by atoms with E-state index in [2.05, 4.69) is 17.1 Å². The minimum Gasteiger partial charge on any atom is -0.396 e. The molecular weight excluding hydrogens is 212 g/mol. The Bertz CT molecular complexity index is 176. The van der Waals surface area contributed by atoms with Gasteiger partial charge in [-0.15, -0.1) is 0 Å². The minimum atomic E-state index is 0.354. The highest BCUT2D eigenvalue weighted by Crippen LogP contribution is 2.17. The van der Waals surface area contributed by atoms with Gasteiger partial charge in [0, 0.05) is 19.2 Å². The third kappa shape index (κ3) is 6.39. The fraction of sp³-hybridized carbons (Fsp3) is 1.00. The van der Waals surface area contributed by atoms with Crippen molar-refractivity contribution >= 4 is 0 Å². The summed E-state index contributed by atoms with van der Waals surface area (Å²) in [5.74, 6) is 0. The largest absolute Gasteiger partial charge is 0.396 e. The summed E-state index contributed by atoms with van der Waals surface area (Å²) in [5, 5.41) is 12.2. The molecule has 0 amide bonds. The molecule has 0 aliphatic carbocycles. The van der Waals surface area contributed by atoms with E-state index in [9.17, 15) is 0 Å². The summed E-state index contributed by atoms with van der Waals surface area (Å²) >= 11 is 0. The fourth-order valence-electron chi connectivity index (χ4n) is 2.68. The first kappa shape index (κ1) is 14.9. The topological polar surface area (TPSA) is 35.5 Å². The number of likely N-dealkylation sites (tertiary alicyclic amines) is 1. The van der Waals surface area contributed by atoms with Gasteiger partial charge in [-0.05, 0) is 45.3 Å². The van der Waals surface area contributed by atoms with Gasteiger partial charge in [0.1, 0.15) is 0 Å². The Balaban J connectivity index is 2.13. The molecule has 1 aliphatic rings. The lowest BCUT2D eigenvalue weighted by Crippen LogP contribution is -2.45. The molecular formula is C14H30N2O.